The number of halogens is 4. The van der Waals surface area contributed by atoms with Crippen LogP contribution in [0.2, 0.25) is 0 Å². The predicted octanol–water partition coefficient (Wildman–Crippen LogP) is 3.05. The number of nitrogens with one attached hydrogen (secondary N) is 1. The lowest BCUT2D eigenvalue weighted by Gasteiger charge is -2.14. The minimum atomic E-state index is -4.77. The summed E-state index contributed by atoms with van der Waals surface area (Å²) in [5, 5.41) is 6.21. The fraction of sp³-hybridized carbons (Fsp3) is 0.353. The van der Waals surface area contributed by atoms with E-state index in [9.17, 15) is 27.2 Å². The number of aryl methyl sites for hydroxylation is 2. The molecule has 0 atom stereocenters. The van der Waals surface area contributed by atoms with Crippen molar-refractivity contribution in [2.24, 2.45) is 7.05 Å². The van der Waals surface area contributed by atoms with E-state index in [4.69, 9.17) is 0 Å². The van der Waals surface area contributed by atoms with Gasteiger partial charge in [0.2, 0.25) is 5.43 Å². The maximum Gasteiger partial charge on any atom is 0.433 e. The van der Waals surface area contributed by atoms with E-state index in [0.29, 0.717) is 16.3 Å². The largest absolute Gasteiger partial charge is 0.433 e. The molecule has 0 unspecified atom stereocenters. The average molecular weight is 371 g/mol. The van der Waals surface area contributed by atoms with Crippen molar-refractivity contribution in [3.05, 3.63) is 51.1 Å². The number of carbonyl (C=O) groups excluding carboxylic acids is 1. The molecule has 1 amide bonds. The lowest BCUT2D eigenvalue weighted by Crippen LogP contribution is -2.30. The molecule has 0 aliphatic rings. The zero-order valence-electron chi connectivity index (χ0n) is 14.5. The van der Waals surface area contributed by atoms with E-state index in [2.05, 4.69) is 10.4 Å². The second-order valence-electron chi connectivity index (χ2n) is 6.14. The highest BCUT2D eigenvalue weighted by atomic mass is 19.4. The van der Waals surface area contributed by atoms with Gasteiger partial charge in [0.05, 0.1) is 0 Å². The fourth-order valence-electron chi connectivity index (χ4n) is 2.43. The van der Waals surface area contributed by atoms with Crippen LogP contribution in [0.5, 0.6) is 0 Å². The third-order valence-corrected chi connectivity index (χ3v) is 3.62. The molecule has 0 saturated carbocycles. The van der Waals surface area contributed by atoms with E-state index in [-0.39, 0.29) is 17.2 Å². The van der Waals surface area contributed by atoms with Gasteiger partial charge in [0.25, 0.3) is 5.91 Å². The minimum Gasteiger partial charge on any atom is -0.350 e. The Morgan fingerprint density at radius 2 is 1.85 bits per heavy atom. The Balaban J connectivity index is 2.64. The summed E-state index contributed by atoms with van der Waals surface area (Å²) in [5.74, 6) is -1.34. The number of hydrogen-bond donors (Lipinski definition) is 1. The number of alkyl halides is 3. The van der Waals surface area contributed by atoms with Crippen molar-refractivity contribution in [3.8, 4) is 11.3 Å². The number of nitrogens with zero attached hydrogens (tertiary/aromatic N) is 2. The van der Waals surface area contributed by atoms with Crippen LogP contribution in [0.25, 0.3) is 11.3 Å². The summed E-state index contributed by atoms with van der Waals surface area (Å²) in [4.78, 5) is 24.3. The lowest BCUT2D eigenvalue weighted by molar-refractivity contribution is -0.144. The van der Waals surface area contributed by atoms with Gasteiger partial charge in [-0.25, -0.2) is 4.39 Å². The van der Waals surface area contributed by atoms with Crippen molar-refractivity contribution in [1.29, 1.82) is 0 Å². The van der Waals surface area contributed by atoms with Gasteiger partial charge in [0, 0.05) is 30.3 Å². The van der Waals surface area contributed by atoms with Gasteiger partial charge < -0.3 is 5.32 Å². The topological polar surface area (TPSA) is 64.0 Å². The number of benzene rings is 1. The molecule has 0 saturated heterocycles. The van der Waals surface area contributed by atoms with Gasteiger partial charge in [-0.3, -0.25) is 14.3 Å². The van der Waals surface area contributed by atoms with E-state index in [1.165, 1.54) is 6.92 Å². The molecule has 1 aromatic carbocycles. The number of rotatable bonds is 3. The quantitative estimate of drug-likeness (QED) is 0.844. The Morgan fingerprint density at radius 1 is 1.23 bits per heavy atom. The molecule has 0 radical (unpaired) electrons. The molecule has 2 aromatic rings. The molecule has 1 heterocycles. The number of hydrogen-bond acceptors (Lipinski definition) is 3. The molecule has 2 rings (SSSR count). The van der Waals surface area contributed by atoms with E-state index < -0.39 is 34.7 Å². The van der Waals surface area contributed by atoms with Crippen LogP contribution in [0.3, 0.4) is 0 Å². The Bertz CT molecular complexity index is 917. The molecule has 9 heteroatoms. The molecule has 0 aliphatic carbocycles. The van der Waals surface area contributed by atoms with Gasteiger partial charge in [0.1, 0.15) is 17.2 Å². The summed E-state index contributed by atoms with van der Waals surface area (Å²) < 4.78 is 53.4. The highest BCUT2D eigenvalue weighted by Gasteiger charge is 2.34. The van der Waals surface area contributed by atoms with E-state index in [0.717, 1.165) is 19.2 Å². The van der Waals surface area contributed by atoms with E-state index >= 15 is 0 Å². The molecule has 0 aliphatic heterocycles. The molecule has 0 spiro atoms. The smallest absolute Gasteiger partial charge is 0.350 e. The van der Waals surface area contributed by atoms with Gasteiger partial charge in [-0.2, -0.15) is 18.3 Å². The Kier molecular flexibility index (Phi) is 5.20. The van der Waals surface area contributed by atoms with Crippen molar-refractivity contribution in [1.82, 2.24) is 15.1 Å². The first-order valence-corrected chi connectivity index (χ1v) is 7.68. The monoisotopic (exact) mass is 371 g/mol. The average Bonchev–Trinajstić information content (AvgIpc) is 2.47. The van der Waals surface area contributed by atoms with Crippen molar-refractivity contribution in [2.45, 2.75) is 33.0 Å². The first kappa shape index (κ1) is 19.6. The molecule has 5 nitrogen and oxygen atoms in total. The molecule has 26 heavy (non-hydrogen) atoms. The maximum absolute atomic E-state index is 14.3. The van der Waals surface area contributed by atoms with Crippen LogP contribution in [-0.2, 0) is 13.2 Å². The van der Waals surface area contributed by atoms with Crippen molar-refractivity contribution >= 4 is 5.91 Å². The van der Waals surface area contributed by atoms with Gasteiger partial charge in [-0.15, -0.1) is 0 Å². The van der Waals surface area contributed by atoms with Crippen molar-refractivity contribution in [2.75, 3.05) is 0 Å². The molecule has 0 bridgehead atoms. The number of amides is 1. The van der Waals surface area contributed by atoms with E-state index in [1.807, 2.05) is 0 Å². The van der Waals surface area contributed by atoms with Crippen LogP contribution in [0.1, 0.15) is 35.5 Å². The van der Waals surface area contributed by atoms with Crippen LogP contribution in [-0.4, -0.2) is 21.7 Å². The van der Waals surface area contributed by atoms with Crippen LogP contribution in [0.15, 0.2) is 23.0 Å². The highest BCUT2D eigenvalue weighted by molar-refractivity contribution is 5.97. The Hall–Kier alpha value is -2.71. The summed E-state index contributed by atoms with van der Waals surface area (Å²) >= 11 is 0. The first-order valence-electron chi connectivity index (χ1n) is 7.68. The molecule has 0 fully saturated rings. The Morgan fingerprint density at radius 3 is 2.38 bits per heavy atom. The zero-order chi connectivity index (χ0) is 19.8. The summed E-state index contributed by atoms with van der Waals surface area (Å²) in [6.07, 6.45) is -4.77. The molecule has 1 N–H and O–H groups in total. The second kappa shape index (κ2) is 6.89. The third-order valence-electron chi connectivity index (χ3n) is 3.62. The highest BCUT2D eigenvalue weighted by Crippen LogP contribution is 2.29. The predicted molar refractivity (Wildman–Crippen MR) is 87.2 cm³/mol. The van der Waals surface area contributed by atoms with Gasteiger partial charge in [-0.05, 0) is 38.5 Å². The van der Waals surface area contributed by atoms with Crippen LogP contribution in [0, 0.1) is 12.7 Å². The fourth-order valence-corrected chi connectivity index (χ4v) is 2.43. The van der Waals surface area contributed by atoms with Crippen molar-refractivity contribution in [3.63, 3.8) is 0 Å². The SMILES string of the molecule is Cc1cc(F)c(-c2nn(C)c(C(F)(F)F)cc2=O)cc1C(=O)NC(C)C. The van der Waals surface area contributed by atoms with Crippen LogP contribution in [0.4, 0.5) is 17.6 Å². The number of carbonyl (C=O) groups is 1. The van der Waals surface area contributed by atoms with Crippen LogP contribution < -0.4 is 10.7 Å². The summed E-state index contributed by atoms with van der Waals surface area (Å²) in [6, 6.07) is 2.35. The molecule has 1 aromatic heterocycles. The molecular weight excluding hydrogens is 354 g/mol. The Labute approximate surface area is 146 Å². The van der Waals surface area contributed by atoms with Crippen molar-refractivity contribution < 1.29 is 22.4 Å². The maximum atomic E-state index is 14.3. The lowest BCUT2D eigenvalue weighted by atomic mass is 10.0. The van der Waals surface area contributed by atoms with Gasteiger partial charge in [0.15, 0.2) is 0 Å². The minimum absolute atomic E-state index is 0.110. The van der Waals surface area contributed by atoms with Crippen LogP contribution >= 0.6 is 0 Å². The first-order chi connectivity index (χ1) is 11.9. The number of aromatic nitrogens is 2. The second-order valence-corrected chi connectivity index (χ2v) is 6.14. The van der Waals surface area contributed by atoms with Gasteiger partial charge in [-0.1, -0.05) is 0 Å². The zero-order valence-corrected chi connectivity index (χ0v) is 14.5. The third kappa shape index (κ3) is 3.92. The summed E-state index contributed by atoms with van der Waals surface area (Å²) in [6.45, 7) is 5.00. The molecule has 140 valence electrons. The normalized spacial score (nSPS) is 11.7. The molecular formula is C17H17F4N3O2. The summed E-state index contributed by atoms with van der Waals surface area (Å²) in [5.41, 5.74) is -2.74. The summed E-state index contributed by atoms with van der Waals surface area (Å²) in [7, 11) is 1.00. The van der Waals surface area contributed by atoms with E-state index in [1.54, 1.807) is 13.8 Å². The standard InChI is InChI=1S/C17H17F4N3O2/c1-8(2)22-16(26)10-6-11(12(18)5-9(10)3)15-13(25)7-14(17(19,20)21)24(4)23-15/h5-8H,1-4H3,(H,22,26). The van der Waals surface area contributed by atoms with Gasteiger partial charge >= 0.3 is 6.18 Å².